The summed E-state index contributed by atoms with van der Waals surface area (Å²) in [5.74, 6) is 0. The summed E-state index contributed by atoms with van der Waals surface area (Å²) < 4.78 is 0. The van der Waals surface area contributed by atoms with Gasteiger partial charge in [-0.2, -0.15) is 0 Å². The van der Waals surface area contributed by atoms with E-state index in [1.54, 1.807) is 0 Å². The average molecular weight is 182 g/mol. The molecule has 0 radical (unpaired) electrons. The summed E-state index contributed by atoms with van der Waals surface area (Å²) >= 11 is 4.36. The molecule has 0 saturated heterocycles. The van der Waals surface area contributed by atoms with E-state index in [1.165, 1.54) is 16.7 Å². The van der Waals surface area contributed by atoms with Crippen LogP contribution in [0, 0.1) is 20.8 Å². The van der Waals surface area contributed by atoms with Gasteiger partial charge in [0.2, 0.25) is 0 Å². The van der Waals surface area contributed by atoms with E-state index in [0.717, 1.165) is 4.90 Å². The zero-order chi connectivity index (χ0) is 9.72. The molecule has 0 aliphatic carbocycles. The maximum Gasteiger partial charge on any atom is 0.00987 e. The zero-order valence-corrected chi connectivity index (χ0v) is 9.50. The lowest BCUT2D eigenvalue weighted by Crippen LogP contribution is -1.83. The number of thiol groups is 1. The first kappa shape index (κ1) is 11.6. The predicted molar refractivity (Wildman–Crippen MR) is 59.3 cm³/mol. The summed E-state index contributed by atoms with van der Waals surface area (Å²) in [6, 6.07) is 4.30. The Balaban J connectivity index is 0.000000561. The Labute approximate surface area is 81.4 Å². The minimum Gasteiger partial charge on any atom is -0.143 e. The Morgan fingerprint density at radius 2 is 1.25 bits per heavy atom. The standard InChI is InChI=1S/C9H12S.C2H6/c1-6-4-7(2)9(10)8(3)5-6;1-2/h4-5,10H,1-3H3;1-2H3. The van der Waals surface area contributed by atoms with Crippen LogP contribution in [-0.4, -0.2) is 0 Å². The lowest BCUT2D eigenvalue weighted by molar-refractivity contribution is 1.20. The highest BCUT2D eigenvalue weighted by Gasteiger charge is 1.96. The molecule has 1 aromatic rings. The third kappa shape index (κ3) is 2.90. The summed E-state index contributed by atoms with van der Waals surface area (Å²) in [6.07, 6.45) is 0. The highest BCUT2D eigenvalue weighted by atomic mass is 32.1. The number of hydrogen-bond acceptors (Lipinski definition) is 1. The quantitative estimate of drug-likeness (QED) is 0.577. The summed E-state index contributed by atoms with van der Waals surface area (Å²) in [4.78, 5) is 1.12. The summed E-state index contributed by atoms with van der Waals surface area (Å²) in [5, 5.41) is 0. The lowest BCUT2D eigenvalue weighted by Gasteiger charge is -2.03. The van der Waals surface area contributed by atoms with Crippen LogP contribution in [0.5, 0.6) is 0 Å². The van der Waals surface area contributed by atoms with Gasteiger partial charge in [-0.05, 0) is 31.9 Å². The van der Waals surface area contributed by atoms with Gasteiger partial charge in [0.15, 0.2) is 0 Å². The topological polar surface area (TPSA) is 0 Å². The van der Waals surface area contributed by atoms with Crippen molar-refractivity contribution in [3.63, 3.8) is 0 Å². The van der Waals surface area contributed by atoms with Gasteiger partial charge in [0.1, 0.15) is 0 Å². The number of hydrogen-bond donors (Lipinski definition) is 1. The molecule has 0 aromatic heterocycles. The molecule has 0 heterocycles. The molecular formula is C11H18S. The van der Waals surface area contributed by atoms with Crippen LogP contribution in [0.3, 0.4) is 0 Å². The van der Waals surface area contributed by atoms with Crippen molar-refractivity contribution in [1.82, 2.24) is 0 Å². The minimum atomic E-state index is 1.12. The Kier molecular flexibility index (Phi) is 5.07. The Bertz CT molecular complexity index is 228. The van der Waals surface area contributed by atoms with Crippen molar-refractivity contribution < 1.29 is 0 Å². The molecule has 0 saturated carbocycles. The van der Waals surface area contributed by atoms with E-state index in [0.29, 0.717) is 0 Å². The van der Waals surface area contributed by atoms with Gasteiger partial charge < -0.3 is 0 Å². The maximum atomic E-state index is 4.36. The van der Waals surface area contributed by atoms with Gasteiger partial charge in [-0.25, -0.2) is 0 Å². The van der Waals surface area contributed by atoms with Gasteiger partial charge in [-0.15, -0.1) is 12.6 Å². The first-order valence-corrected chi connectivity index (χ1v) is 4.83. The second-order valence-corrected chi connectivity index (χ2v) is 3.19. The third-order valence-electron chi connectivity index (χ3n) is 1.64. The summed E-state index contributed by atoms with van der Waals surface area (Å²) in [6.45, 7) is 10.3. The van der Waals surface area contributed by atoms with Crippen molar-refractivity contribution in [2.24, 2.45) is 0 Å². The van der Waals surface area contributed by atoms with Crippen LogP contribution in [0.25, 0.3) is 0 Å². The zero-order valence-electron chi connectivity index (χ0n) is 8.60. The molecule has 0 aliphatic heterocycles. The second kappa shape index (κ2) is 5.26. The fourth-order valence-electron chi connectivity index (χ4n) is 1.17. The Morgan fingerprint density at radius 1 is 0.917 bits per heavy atom. The van der Waals surface area contributed by atoms with Crippen molar-refractivity contribution in [1.29, 1.82) is 0 Å². The molecule has 68 valence electrons. The monoisotopic (exact) mass is 182 g/mol. The van der Waals surface area contributed by atoms with Crippen molar-refractivity contribution in [2.75, 3.05) is 0 Å². The van der Waals surface area contributed by atoms with Gasteiger partial charge in [0, 0.05) is 4.90 Å². The van der Waals surface area contributed by atoms with Gasteiger partial charge in [-0.3, -0.25) is 0 Å². The van der Waals surface area contributed by atoms with E-state index >= 15 is 0 Å². The molecule has 1 aromatic carbocycles. The van der Waals surface area contributed by atoms with Gasteiger partial charge in [0.25, 0.3) is 0 Å². The van der Waals surface area contributed by atoms with E-state index in [-0.39, 0.29) is 0 Å². The van der Waals surface area contributed by atoms with Crippen LogP contribution in [0.2, 0.25) is 0 Å². The van der Waals surface area contributed by atoms with Crippen LogP contribution >= 0.6 is 12.6 Å². The van der Waals surface area contributed by atoms with E-state index in [4.69, 9.17) is 0 Å². The third-order valence-corrected chi connectivity index (χ3v) is 2.34. The summed E-state index contributed by atoms with van der Waals surface area (Å²) in [5.41, 5.74) is 3.84. The first-order chi connectivity index (χ1) is 5.61. The molecule has 0 spiro atoms. The molecule has 0 N–H and O–H groups in total. The number of aryl methyl sites for hydroxylation is 3. The predicted octanol–water partition coefficient (Wildman–Crippen LogP) is 3.93. The fourth-order valence-corrected chi connectivity index (χ4v) is 1.30. The highest BCUT2D eigenvalue weighted by Crippen LogP contribution is 2.19. The molecule has 0 nitrogen and oxygen atoms in total. The molecule has 0 amide bonds. The maximum absolute atomic E-state index is 4.36. The van der Waals surface area contributed by atoms with Crippen LogP contribution < -0.4 is 0 Å². The molecular weight excluding hydrogens is 164 g/mol. The first-order valence-electron chi connectivity index (χ1n) is 4.38. The van der Waals surface area contributed by atoms with E-state index in [9.17, 15) is 0 Å². The molecule has 0 unspecified atom stereocenters. The Morgan fingerprint density at radius 3 is 1.58 bits per heavy atom. The molecule has 1 heteroatoms. The van der Waals surface area contributed by atoms with Crippen LogP contribution in [0.15, 0.2) is 17.0 Å². The van der Waals surface area contributed by atoms with Crippen LogP contribution in [0.1, 0.15) is 30.5 Å². The molecule has 0 atom stereocenters. The van der Waals surface area contributed by atoms with E-state index in [2.05, 4.69) is 45.5 Å². The fraction of sp³-hybridized carbons (Fsp3) is 0.455. The molecule has 0 aliphatic rings. The van der Waals surface area contributed by atoms with Gasteiger partial charge >= 0.3 is 0 Å². The van der Waals surface area contributed by atoms with Crippen molar-refractivity contribution >= 4 is 12.6 Å². The van der Waals surface area contributed by atoms with Crippen molar-refractivity contribution in [2.45, 2.75) is 39.5 Å². The van der Waals surface area contributed by atoms with E-state index < -0.39 is 0 Å². The summed E-state index contributed by atoms with van der Waals surface area (Å²) in [7, 11) is 0. The van der Waals surface area contributed by atoms with Crippen LogP contribution in [0.4, 0.5) is 0 Å². The minimum absolute atomic E-state index is 1.12. The second-order valence-electron chi connectivity index (χ2n) is 2.75. The smallest absolute Gasteiger partial charge is 0.00987 e. The molecule has 12 heavy (non-hydrogen) atoms. The van der Waals surface area contributed by atoms with Crippen molar-refractivity contribution in [3.05, 3.63) is 28.8 Å². The largest absolute Gasteiger partial charge is 0.143 e. The number of rotatable bonds is 0. The van der Waals surface area contributed by atoms with Crippen LogP contribution in [-0.2, 0) is 0 Å². The highest BCUT2D eigenvalue weighted by molar-refractivity contribution is 7.80. The number of benzene rings is 1. The van der Waals surface area contributed by atoms with Crippen molar-refractivity contribution in [3.8, 4) is 0 Å². The normalized spacial score (nSPS) is 8.83. The van der Waals surface area contributed by atoms with Gasteiger partial charge in [0.05, 0.1) is 0 Å². The average Bonchev–Trinajstić information content (AvgIpc) is 2.04. The molecule has 0 fully saturated rings. The molecule has 0 bridgehead atoms. The lowest BCUT2D eigenvalue weighted by atomic mass is 10.1. The van der Waals surface area contributed by atoms with Gasteiger partial charge in [-0.1, -0.05) is 31.5 Å². The Hall–Kier alpha value is -0.430. The van der Waals surface area contributed by atoms with E-state index in [1.807, 2.05) is 13.8 Å². The molecule has 1 rings (SSSR count). The SMILES string of the molecule is CC.Cc1cc(C)c(S)c(C)c1.